The Bertz CT molecular complexity index is 3920. The molecule has 0 atom stereocenters. The lowest BCUT2D eigenvalue weighted by atomic mass is 9.80. The number of ether oxygens (including phenoxy) is 1. The monoisotopic (exact) mass is 1000 g/mol. The minimum atomic E-state index is -5.43. The van der Waals surface area contributed by atoms with Crippen LogP contribution in [0.1, 0.15) is 67.5 Å². The first-order valence-corrected chi connectivity index (χ1v) is 25.4. The Morgan fingerprint density at radius 1 is 0.618 bits per heavy atom. The summed E-state index contributed by atoms with van der Waals surface area (Å²) < 4.78 is 141. The Labute approximate surface area is 385 Å². The van der Waals surface area contributed by atoms with Gasteiger partial charge in [-0.15, -0.1) is 0 Å². The van der Waals surface area contributed by atoms with E-state index in [-0.39, 0.29) is 33.5 Å². The van der Waals surface area contributed by atoms with Crippen molar-refractivity contribution in [3.8, 4) is 22.6 Å². The van der Waals surface area contributed by atoms with Crippen molar-refractivity contribution in [2.24, 2.45) is 0 Å². The maximum Gasteiger partial charge on any atom is 0.337 e. The molecule has 6 aromatic carbocycles. The molecule has 68 heavy (non-hydrogen) atoms. The number of carboxylic acids is 1. The molecule has 0 spiro atoms. The Kier molecular flexibility index (Phi) is 11.6. The maximum absolute atomic E-state index is 14.8. The number of aromatic amines is 1. The molecule has 7 aromatic rings. The van der Waals surface area contributed by atoms with E-state index in [9.17, 15) is 71.6 Å². The third kappa shape index (κ3) is 8.36. The van der Waals surface area contributed by atoms with Crippen molar-refractivity contribution in [3.05, 3.63) is 159 Å². The average Bonchev–Trinajstić information content (AvgIpc) is 3.27. The average molecular weight is 1000 g/mol. The van der Waals surface area contributed by atoms with Crippen molar-refractivity contribution < 1.29 is 71.6 Å². The molecular weight excluding hydrogens is 969 g/mol. The van der Waals surface area contributed by atoms with Gasteiger partial charge in [-0.3, -0.25) is 28.0 Å². The Hall–Kier alpha value is -7.38. The lowest BCUT2D eigenvalue weighted by molar-refractivity contribution is 0.0692. The summed E-state index contributed by atoms with van der Waals surface area (Å²) in [7, 11) is -20.2. The summed E-state index contributed by atoms with van der Waals surface area (Å²) in [5.74, 6) is -4.85. The highest BCUT2D eigenvalue weighted by Gasteiger charge is 2.36. The van der Waals surface area contributed by atoms with Crippen molar-refractivity contribution in [2.45, 2.75) is 44.2 Å². The molecule has 19 nitrogen and oxygen atoms in total. The molecule has 0 amide bonds. The Balaban J connectivity index is 1.45. The zero-order chi connectivity index (χ0) is 49.4. The molecule has 0 fully saturated rings. The van der Waals surface area contributed by atoms with E-state index in [2.05, 4.69) is 10.3 Å². The fourth-order valence-electron chi connectivity index (χ4n) is 7.75. The van der Waals surface area contributed by atoms with Gasteiger partial charge in [0.2, 0.25) is 9.84 Å². The van der Waals surface area contributed by atoms with Crippen LogP contribution in [0.15, 0.2) is 145 Å². The summed E-state index contributed by atoms with van der Waals surface area (Å²) in [6.07, 6.45) is 0. The number of hydrogen-bond donors (Lipinski definition) is 6. The van der Waals surface area contributed by atoms with Gasteiger partial charge in [0.05, 0.1) is 48.3 Å². The quantitative estimate of drug-likeness (QED) is 0.0505. The van der Waals surface area contributed by atoms with E-state index in [1.54, 1.807) is 13.8 Å². The highest BCUT2D eigenvalue weighted by atomic mass is 32.2. The summed E-state index contributed by atoms with van der Waals surface area (Å²) in [4.78, 5) is 54.1. The first-order valence-electron chi connectivity index (χ1n) is 19.6. The van der Waals surface area contributed by atoms with E-state index in [0.29, 0.717) is 11.6 Å². The number of benzene rings is 6. The summed E-state index contributed by atoms with van der Waals surface area (Å²) in [6.45, 7) is 3.48. The van der Waals surface area contributed by atoms with Crippen molar-refractivity contribution in [1.82, 2.24) is 4.98 Å². The normalized spacial score (nSPS) is 12.8. The van der Waals surface area contributed by atoms with Gasteiger partial charge in [-0.1, -0.05) is 68.4 Å². The molecule has 0 bridgehead atoms. The van der Waals surface area contributed by atoms with Crippen molar-refractivity contribution in [3.63, 3.8) is 0 Å². The molecule has 0 saturated carbocycles. The van der Waals surface area contributed by atoms with Gasteiger partial charge in [-0.25, -0.2) is 13.2 Å². The smallest absolute Gasteiger partial charge is 0.337 e. The summed E-state index contributed by atoms with van der Waals surface area (Å²) in [5.41, 5.74) is -4.65. The van der Waals surface area contributed by atoms with Gasteiger partial charge in [-0.05, 0) is 71.6 Å². The zero-order valence-corrected chi connectivity index (χ0v) is 38.0. The van der Waals surface area contributed by atoms with Gasteiger partial charge in [0.1, 0.15) is 15.5 Å². The lowest BCUT2D eigenvalue weighted by Crippen LogP contribution is -2.24. The van der Waals surface area contributed by atoms with Crippen LogP contribution in [0.3, 0.4) is 0 Å². The molecule has 348 valence electrons. The van der Waals surface area contributed by atoms with Gasteiger partial charge in [0.15, 0.2) is 17.3 Å². The van der Waals surface area contributed by atoms with Gasteiger partial charge in [0.25, 0.3) is 35.9 Å². The largest absolute Gasteiger partial charge is 0.478 e. The predicted molar refractivity (Wildman–Crippen MR) is 242 cm³/mol. The van der Waals surface area contributed by atoms with E-state index in [1.165, 1.54) is 48.5 Å². The number of nitrogens with one attached hydrogen (secondary N) is 2. The Morgan fingerprint density at radius 3 is 1.93 bits per heavy atom. The third-order valence-corrected chi connectivity index (χ3v) is 15.3. The number of H-pyrrole nitrogens is 1. The number of aromatic carboxylic acids is 1. The fraction of sp³-hybridized carbons (Fsp3) is 0.0667. The van der Waals surface area contributed by atoms with Crippen molar-refractivity contribution in [2.75, 3.05) is 5.32 Å². The molecule has 1 heterocycles. The van der Waals surface area contributed by atoms with Crippen LogP contribution in [0.4, 0.5) is 11.4 Å². The number of carbonyl (C=O) groups excluding carboxylic acids is 2. The minimum absolute atomic E-state index is 0.0202. The second-order valence-corrected chi connectivity index (χ2v) is 21.6. The molecule has 1 aliphatic carbocycles. The summed E-state index contributed by atoms with van der Waals surface area (Å²) in [5, 5.41) is 12.1. The topological polar surface area (TPSA) is 323 Å². The predicted octanol–water partition coefficient (Wildman–Crippen LogP) is 6.90. The highest BCUT2D eigenvalue weighted by Crippen LogP contribution is 2.48. The van der Waals surface area contributed by atoms with E-state index in [0.717, 1.165) is 60.7 Å². The molecule has 1 aliphatic rings. The van der Waals surface area contributed by atoms with Crippen LogP contribution in [0, 0.1) is 0 Å². The van der Waals surface area contributed by atoms with Crippen LogP contribution >= 0.6 is 0 Å². The number of hydrogen-bond acceptors (Lipinski definition) is 14. The van der Waals surface area contributed by atoms with Crippen LogP contribution in [0.5, 0.6) is 11.5 Å². The first kappa shape index (κ1) is 47.1. The maximum atomic E-state index is 14.8. The van der Waals surface area contributed by atoms with Crippen LogP contribution in [-0.2, 0) is 40.2 Å². The SMILES string of the molecule is CC(C)c1ccc(Oc2cc(Nc3ccc(S(=O)(=O)c4ccccc4C(=O)O)cc3S(=O)(=O)O)c3c4c(c(C(=O)c5cccc(S(=O)(=O)O)c5)c(=O)[nH]c24)-c2ccccc2C3=O)c(S(=O)(=O)O)c1. The molecular formula is C45H32N2O17S4. The number of carbonyl (C=O) groups is 3. The van der Waals surface area contributed by atoms with Gasteiger partial charge in [0, 0.05) is 28.1 Å². The van der Waals surface area contributed by atoms with E-state index in [1.807, 2.05) is 0 Å². The van der Waals surface area contributed by atoms with Crippen LogP contribution in [0.25, 0.3) is 22.0 Å². The molecule has 0 aliphatic heterocycles. The lowest BCUT2D eigenvalue weighted by Gasteiger charge is -2.26. The molecule has 8 rings (SSSR count). The molecule has 0 radical (unpaired) electrons. The number of anilines is 2. The van der Waals surface area contributed by atoms with Gasteiger partial charge in [-0.2, -0.15) is 25.3 Å². The minimum Gasteiger partial charge on any atom is -0.478 e. The van der Waals surface area contributed by atoms with E-state index >= 15 is 0 Å². The second-order valence-electron chi connectivity index (χ2n) is 15.5. The number of sulfone groups is 1. The highest BCUT2D eigenvalue weighted by molar-refractivity contribution is 7.91. The van der Waals surface area contributed by atoms with Crippen LogP contribution in [0.2, 0.25) is 0 Å². The van der Waals surface area contributed by atoms with Crippen molar-refractivity contribution >= 4 is 80.0 Å². The molecule has 6 N–H and O–H groups in total. The van der Waals surface area contributed by atoms with Gasteiger partial charge < -0.3 is 20.1 Å². The molecule has 1 aromatic heterocycles. The second kappa shape index (κ2) is 16.7. The fourth-order valence-corrected chi connectivity index (χ4v) is 11.1. The number of ketones is 2. The third-order valence-electron chi connectivity index (χ3n) is 10.9. The number of rotatable bonds is 13. The molecule has 0 saturated heterocycles. The van der Waals surface area contributed by atoms with Gasteiger partial charge >= 0.3 is 5.97 Å². The van der Waals surface area contributed by atoms with Crippen molar-refractivity contribution in [1.29, 1.82) is 0 Å². The van der Waals surface area contributed by atoms with Crippen LogP contribution in [-0.4, -0.2) is 75.0 Å². The molecule has 23 heteroatoms. The van der Waals surface area contributed by atoms with E-state index in [4.69, 9.17) is 4.74 Å². The zero-order valence-electron chi connectivity index (χ0n) is 34.8. The first-order chi connectivity index (χ1) is 31.8. The Morgan fingerprint density at radius 2 is 1.28 bits per heavy atom. The number of carboxylic acid groups (broad SMARTS) is 1. The number of aromatic nitrogens is 1. The van der Waals surface area contributed by atoms with Crippen LogP contribution < -0.4 is 15.6 Å². The summed E-state index contributed by atoms with van der Waals surface area (Å²) >= 11 is 0. The number of fused-ring (bicyclic) bond motifs is 2. The standard InChI is InChI=1S/C45H32N2O17S4/c1-22(2)23-14-17-32(36(19-23)68(61,62)63)64-33-21-31(46-30-16-15-25(20-35(30)67(58,59)60)65(53,54)34-13-6-5-12-29(34)45(51)52)38-39-37(27-10-3-4-11-28(27)43(38)49)40(44(50)47-41(33)39)42(48)24-8-7-9-26(18-24)66(55,56)57/h3-22,46H,1-2H3,(H,47,50)(H,51,52)(H,55,56,57)(H,58,59,60)(H,61,62,63). The number of pyridine rings is 1. The van der Waals surface area contributed by atoms with E-state index < -0.39 is 133 Å². The summed E-state index contributed by atoms with van der Waals surface area (Å²) in [6, 6.07) is 21.3. The molecule has 0 unspecified atom stereocenters.